The minimum Gasteiger partial charge on any atom is -0.309 e. The number of benzene rings is 8. The zero-order valence-corrected chi connectivity index (χ0v) is 27.7. The van der Waals surface area contributed by atoms with Crippen molar-refractivity contribution in [3.63, 3.8) is 0 Å². The molecular formula is C48H39N. The van der Waals surface area contributed by atoms with Gasteiger partial charge < -0.3 is 4.90 Å². The molecule has 1 heteroatoms. The smallest absolute Gasteiger partial charge is 0.0540 e. The SMILES string of the molecule is c1ccc(N(c2ccc(-c3cccc4ccccc34)cc2)c2cccc3ccccc23)c(-c2cccc3cccc(C4CCCCC4)c23)c1. The molecule has 0 unspecified atom stereocenters. The Balaban J connectivity index is 1.25. The van der Waals surface area contributed by atoms with Crippen LogP contribution in [0.15, 0.2) is 170 Å². The monoisotopic (exact) mass is 629 g/mol. The van der Waals surface area contributed by atoms with Crippen molar-refractivity contribution in [1.29, 1.82) is 0 Å². The van der Waals surface area contributed by atoms with Gasteiger partial charge in [-0.25, -0.2) is 0 Å². The van der Waals surface area contributed by atoms with E-state index in [-0.39, 0.29) is 0 Å². The maximum atomic E-state index is 2.48. The maximum absolute atomic E-state index is 2.48. The summed E-state index contributed by atoms with van der Waals surface area (Å²) in [7, 11) is 0. The summed E-state index contributed by atoms with van der Waals surface area (Å²) in [5.41, 5.74) is 10.1. The van der Waals surface area contributed by atoms with Gasteiger partial charge in [0.05, 0.1) is 11.4 Å². The number of anilines is 3. The summed E-state index contributed by atoms with van der Waals surface area (Å²) in [5, 5.41) is 7.75. The van der Waals surface area contributed by atoms with Crippen molar-refractivity contribution in [2.24, 2.45) is 0 Å². The Morgan fingerprint density at radius 2 is 0.939 bits per heavy atom. The number of hydrogen-bond donors (Lipinski definition) is 0. The van der Waals surface area contributed by atoms with Crippen LogP contribution in [0.2, 0.25) is 0 Å². The summed E-state index contributed by atoms with van der Waals surface area (Å²) < 4.78 is 0. The minimum absolute atomic E-state index is 0.613. The third-order valence-corrected chi connectivity index (χ3v) is 10.7. The van der Waals surface area contributed by atoms with Gasteiger partial charge in [-0.1, -0.05) is 165 Å². The van der Waals surface area contributed by atoms with Crippen LogP contribution < -0.4 is 4.90 Å². The summed E-state index contributed by atoms with van der Waals surface area (Å²) >= 11 is 0. The molecule has 8 aromatic carbocycles. The highest BCUT2D eigenvalue weighted by Gasteiger charge is 2.23. The van der Waals surface area contributed by atoms with Crippen LogP contribution in [0.3, 0.4) is 0 Å². The summed E-state index contributed by atoms with van der Waals surface area (Å²) in [6, 6.07) is 62.7. The van der Waals surface area contributed by atoms with Crippen LogP contribution in [0.1, 0.15) is 43.6 Å². The average molecular weight is 630 g/mol. The summed E-state index contributed by atoms with van der Waals surface area (Å²) in [5.74, 6) is 0.613. The van der Waals surface area contributed by atoms with Crippen LogP contribution in [-0.4, -0.2) is 0 Å². The average Bonchev–Trinajstić information content (AvgIpc) is 3.18. The molecule has 9 rings (SSSR count). The Morgan fingerprint density at radius 3 is 1.73 bits per heavy atom. The fourth-order valence-corrected chi connectivity index (χ4v) is 8.32. The van der Waals surface area contributed by atoms with Gasteiger partial charge >= 0.3 is 0 Å². The van der Waals surface area contributed by atoms with E-state index in [9.17, 15) is 0 Å². The van der Waals surface area contributed by atoms with Gasteiger partial charge in [-0.2, -0.15) is 0 Å². The van der Waals surface area contributed by atoms with Crippen LogP contribution in [0, 0.1) is 0 Å². The molecule has 8 aromatic rings. The van der Waals surface area contributed by atoms with E-state index in [1.54, 1.807) is 0 Å². The molecule has 0 spiro atoms. The fourth-order valence-electron chi connectivity index (χ4n) is 8.32. The van der Waals surface area contributed by atoms with Crippen molar-refractivity contribution in [2.45, 2.75) is 38.0 Å². The van der Waals surface area contributed by atoms with E-state index >= 15 is 0 Å². The van der Waals surface area contributed by atoms with E-state index in [1.807, 2.05) is 0 Å². The molecule has 0 bridgehead atoms. The van der Waals surface area contributed by atoms with Gasteiger partial charge in [0.15, 0.2) is 0 Å². The molecule has 0 atom stereocenters. The Morgan fingerprint density at radius 1 is 0.388 bits per heavy atom. The van der Waals surface area contributed by atoms with Crippen molar-refractivity contribution < 1.29 is 0 Å². The molecule has 0 N–H and O–H groups in total. The van der Waals surface area contributed by atoms with Crippen molar-refractivity contribution in [1.82, 2.24) is 0 Å². The molecule has 236 valence electrons. The van der Waals surface area contributed by atoms with Gasteiger partial charge in [-0.05, 0) is 92.2 Å². The molecule has 0 saturated heterocycles. The van der Waals surface area contributed by atoms with Crippen molar-refractivity contribution in [3.8, 4) is 22.3 Å². The Bertz CT molecular complexity index is 2410. The number of nitrogens with zero attached hydrogens (tertiary/aromatic N) is 1. The van der Waals surface area contributed by atoms with E-state index < -0.39 is 0 Å². The Labute approximate surface area is 289 Å². The van der Waals surface area contributed by atoms with Crippen LogP contribution in [-0.2, 0) is 0 Å². The predicted molar refractivity (Wildman–Crippen MR) is 210 cm³/mol. The molecule has 0 radical (unpaired) electrons. The first-order chi connectivity index (χ1) is 24.3. The van der Waals surface area contributed by atoms with Gasteiger partial charge in [0.1, 0.15) is 0 Å². The maximum Gasteiger partial charge on any atom is 0.0540 e. The van der Waals surface area contributed by atoms with Crippen LogP contribution in [0.5, 0.6) is 0 Å². The molecule has 1 fully saturated rings. The van der Waals surface area contributed by atoms with Crippen LogP contribution >= 0.6 is 0 Å². The third kappa shape index (κ3) is 5.36. The molecule has 1 aliphatic carbocycles. The zero-order chi connectivity index (χ0) is 32.6. The topological polar surface area (TPSA) is 3.24 Å². The molecule has 1 saturated carbocycles. The first-order valence-electron chi connectivity index (χ1n) is 17.8. The van der Waals surface area contributed by atoms with Crippen LogP contribution in [0.25, 0.3) is 54.6 Å². The predicted octanol–water partition coefficient (Wildman–Crippen LogP) is 14.0. The second kappa shape index (κ2) is 12.7. The highest BCUT2D eigenvalue weighted by atomic mass is 15.1. The second-order valence-electron chi connectivity index (χ2n) is 13.5. The molecular weight excluding hydrogens is 591 g/mol. The Hall–Kier alpha value is -5.66. The van der Waals surface area contributed by atoms with E-state index in [0.29, 0.717) is 5.92 Å². The van der Waals surface area contributed by atoms with Gasteiger partial charge in [0.2, 0.25) is 0 Å². The van der Waals surface area contributed by atoms with Gasteiger partial charge in [-0.15, -0.1) is 0 Å². The molecule has 1 nitrogen and oxygen atoms in total. The van der Waals surface area contributed by atoms with Gasteiger partial charge in [-0.3, -0.25) is 0 Å². The van der Waals surface area contributed by atoms with Gasteiger partial charge in [0, 0.05) is 16.6 Å². The summed E-state index contributed by atoms with van der Waals surface area (Å²) in [6.45, 7) is 0. The first-order valence-corrected chi connectivity index (χ1v) is 17.8. The third-order valence-electron chi connectivity index (χ3n) is 10.7. The molecule has 0 aromatic heterocycles. The molecule has 0 aliphatic heterocycles. The number of para-hydroxylation sites is 1. The Kier molecular flexibility index (Phi) is 7.67. The van der Waals surface area contributed by atoms with Crippen molar-refractivity contribution in [2.75, 3.05) is 4.90 Å². The number of rotatable bonds is 6. The van der Waals surface area contributed by atoms with Gasteiger partial charge in [0.25, 0.3) is 0 Å². The van der Waals surface area contributed by atoms with E-state index in [2.05, 4.69) is 175 Å². The largest absolute Gasteiger partial charge is 0.309 e. The lowest BCUT2D eigenvalue weighted by molar-refractivity contribution is 0.445. The lowest BCUT2D eigenvalue weighted by atomic mass is 9.80. The normalized spacial score (nSPS) is 13.6. The van der Waals surface area contributed by atoms with Crippen LogP contribution in [0.4, 0.5) is 17.1 Å². The first kappa shape index (κ1) is 29.5. The lowest BCUT2D eigenvalue weighted by Crippen LogP contribution is -2.12. The minimum atomic E-state index is 0.613. The van der Waals surface area contributed by atoms with E-state index in [4.69, 9.17) is 0 Å². The molecule has 0 heterocycles. The van der Waals surface area contributed by atoms with Crippen molar-refractivity contribution >= 4 is 49.4 Å². The number of hydrogen-bond acceptors (Lipinski definition) is 1. The second-order valence-corrected chi connectivity index (χ2v) is 13.5. The highest BCUT2D eigenvalue weighted by molar-refractivity contribution is 6.06. The molecule has 1 aliphatic rings. The molecule has 0 amide bonds. The van der Waals surface area contributed by atoms with Crippen molar-refractivity contribution in [3.05, 3.63) is 175 Å². The van der Waals surface area contributed by atoms with E-state index in [0.717, 1.165) is 5.69 Å². The number of fused-ring (bicyclic) bond motifs is 3. The standard InChI is InChI=1S/C48H39N/c1-2-14-36(15-3-1)43-26-11-20-38-21-12-27-45(48(38)43)44-24-8-9-28-47(44)49(46-29-13-19-35-17-5-7-23-42(35)46)39-32-30-37(31-33-39)41-25-10-18-34-16-4-6-22-40(34)41/h4-13,16-33,36H,1-3,14-15H2. The quantitative estimate of drug-likeness (QED) is 0.177. The zero-order valence-electron chi connectivity index (χ0n) is 27.7. The fraction of sp³-hybridized carbons (Fsp3) is 0.125. The molecule has 49 heavy (non-hydrogen) atoms. The highest BCUT2D eigenvalue weighted by Crippen LogP contribution is 2.47. The lowest BCUT2D eigenvalue weighted by Gasteiger charge is -2.30. The van der Waals surface area contributed by atoms with E-state index in [1.165, 1.54) is 104 Å². The summed E-state index contributed by atoms with van der Waals surface area (Å²) in [4.78, 5) is 2.48. The summed E-state index contributed by atoms with van der Waals surface area (Å²) in [6.07, 6.45) is 6.56.